The standard InChI is InChI=1S/C10H6F3N5S/c11-10(12,13)5-3-15-18(4-5)7-6-1-2-19-8(6)17-9(14)16-7/h1-4H,(H2,14,16,17). The van der Waals surface area contributed by atoms with Crippen LogP contribution in [-0.4, -0.2) is 19.7 Å². The number of thiophene rings is 1. The molecule has 3 aromatic heterocycles. The van der Waals surface area contributed by atoms with Crippen molar-refractivity contribution in [3.05, 3.63) is 29.4 Å². The molecule has 0 spiro atoms. The van der Waals surface area contributed by atoms with E-state index in [1.165, 1.54) is 11.3 Å². The fourth-order valence-corrected chi connectivity index (χ4v) is 2.38. The number of nitrogen functional groups attached to an aromatic ring is 1. The van der Waals surface area contributed by atoms with Crippen LogP contribution in [0.1, 0.15) is 5.56 Å². The molecule has 3 heterocycles. The van der Waals surface area contributed by atoms with E-state index in [0.717, 1.165) is 17.1 Å². The van der Waals surface area contributed by atoms with Crippen molar-refractivity contribution in [1.82, 2.24) is 19.7 Å². The summed E-state index contributed by atoms with van der Waals surface area (Å²) in [6, 6.07) is 1.71. The van der Waals surface area contributed by atoms with Gasteiger partial charge in [0.05, 0.1) is 17.1 Å². The van der Waals surface area contributed by atoms with Gasteiger partial charge in [-0.1, -0.05) is 0 Å². The van der Waals surface area contributed by atoms with E-state index in [9.17, 15) is 13.2 Å². The number of fused-ring (bicyclic) bond motifs is 1. The maximum absolute atomic E-state index is 12.5. The molecule has 0 aliphatic heterocycles. The molecule has 3 rings (SSSR count). The Morgan fingerprint density at radius 1 is 1.26 bits per heavy atom. The molecule has 19 heavy (non-hydrogen) atoms. The van der Waals surface area contributed by atoms with E-state index >= 15 is 0 Å². The van der Waals surface area contributed by atoms with Crippen molar-refractivity contribution in [1.29, 1.82) is 0 Å². The first-order valence-corrected chi connectivity index (χ1v) is 5.96. The molecule has 0 atom stereocenters. The number of hydrogen-bond acceptors (Lipinski definition) is 5. The fourth-order valence-electron chi connectivity index (χ4n) is 1.62. The third-order valence-electron chi connectivity index (χ3n) is 2.45. The molecule has 0 radical (unpaired) electrons. The average Bonchev–Trinajstić information content (AvgIpc) is 2.94. The van der Waals surface area contributed by atoms with Crippen molar-refractivity contribution in [2.24, 2.45) is 0 Å². The lowest BCUT2D eigenvalue weighted by atomic mass is 10.3. The number of nitrogens with two attached hydrogens (primary N) is 1. The lowest BCUT2D eigenvalue weighted by Gasteiger charge is -2.03. The Hall–Kier alpha value is -2.16. The zero-order valence-corrected chi connectivity index (χ0v) is 10.0. The maximum atomic E-state index is 12.5. The van der Waals surface area contributed by atoms with E-state index in [4.69, 9.17) is 5.73 Å². The van der Waals surface area contributed by atoms with Gasteiger partial charge in [-0.05, 0) is 11.4 Å². The molecule has 3 aromatic rings. The Morgan fingerprint density at radius 3 is 2.74 bits per heavy atom. The van der Waals surface area contributed by atoms with Gasteiger partial charge in [-0.3, -0.25) is 0 Å². The van der Waals surface area contributed by atoms with Crippen molar-refractivity contribution >= 4 is 27.5 Å². The van der Waals surface area contributed by atoms with E-state index in [1.54, 1.807) is 11.4 Å². The Labute approximate surface area is 108 Å². The Morgan fingerprint density at radius 2 is 2.05 bits per heavy atom. The average molecular weight is 285 g/mol. The first kappa shape index (κ1) is 11.9. The fraction of sp³-hybridized carbons (Fsp3) is 0.100. The second-order valence-electron chi connectivity index (χ2n) is 3.72. The SMILES string of the molecule is Nc1nc(-n2cc(C(F)(F)F)cn2)c2ccsc2n1. The minimum absolute atomic E-state index is 0.00555. The minimum Gasteiger partial charge on any atom is -0.368 e. The number of aromatic nitrogens is 4. The maximum Gasteiger partial charge on any atom is 0.419 e. The van der Waals surface area contributed by atoms with Crippen LogP contribution in [0.15, 0.2) is 23.8 Å². The summed E-state index contributed by atoms with van der Waals surface area (Å²) in [5, 5.41) is 6.05. The highest BCUT2D eigenvalue weighted by Gasteiger charge is 2.32. The Kier molecular flexibility index (Phi) is 2.45. The molecule has 2 N–H and O–H groups in total. The van der Waals surface area contributed by atoms with Crippen LogP contribution in [0.2, 0.25) is 0 Å². The number of anilines is 1. The third-order valence-corrected chi connectivity index (χ3v) is 3.26. The molecular weight excluding hydrogens is 279 g/mol. The van der Waals surface area contributed by atoms with Crippen LogP contribution >= 0.6 is 11.3 Å². The molecule has 0 fully saturated rings. The molecule has 9 heteroatoms. The number of hydrogen-bond donors (Lipinski definition) is 1. The Balaban J connectivity index is 2.19. The lowest BCUT2D eigenvalue weighted by Crippen LogP contribution is -2.05. The molecular formula is C10H6F3N5S. The van der Waals surface area contributed by atoms with Gasteiger partial charge in [0.2, 0.25) is 5.95 Å². The van der Waals surface area contributed by atoms with E-state index in [2.05, 4.69) is 15.1 Å². The molecule has 0 bridgehead atoms. The molecule has 0 aliphatic carbocycles. The first-order valence-electron chi connectivity index (χ1n) is 5.08. The molecule has 0 unspecified atom stereocenters. The van der Waals surface area contributed by atoms with Crippen molar-refractivity contribution in [3.8, 4) is 5.82 Å². The van der Waals surface area contributed by atoms with Gasteiger partial charge in [0.1, 0.15) is 4.83 Å². The highest BCUT2D eigenvalue weighted by molar-refractivity contribution is 7.16. The summed E-state index contributed by atoms with van der Waals surface area (Å²) in [7, 11) is 0. The normalized spacial score (nSPS) is 12.2. The van der Waals surface area contributed by atoms with Gasteiger partial charge in [0.15, 0.2) is 5.82 Å². The van der Waals surface area contributed by atoms with Gasteiger partial charge in [0, 0.05) is 6.20 Å². The van der Waals surface area contributed by atoms with Crippen LogP contribution in [0.3, 0.4) is 0 Å². The molecule has 5 nitrogen and oxygen atoms in total. The summed E-state index contributed by atoms with van der Waals surface area (Å²) in [4.78, 5) is 8.55. The summed E-state index contributed by atoms with van der Waals surface area (Å²) in [6.07, 6.45) is -2.82. The van der Waals surface area contributed by atoms with Crippen molar-refractivity contribution in [2.45, 2.75) is 6.18 Å². The molecule has 0 aromatic carbocycles. The smallest absolute Gasteiger partial charge is 0.368 e. The minimum atomic E-state index is -4.44. The molecule has 0 saturated heterocycles. The van der Waals surface area contributed by atoms with E-state index in [0.29, 0.717) is 10.2 Å². The number of alkyl halides is 3. The number of nitrogens with zero attached hydrogens (tertiary/aromatic N) is 4. The van der Waals surface area contributed by atoms with Crippen LogP contribution < -0.4 is 5.73 Å². The summed E-state index contributed by atoms with van der Waals surface area (Å²) in [6.45, 7) is 0. The predicted molar refractivity (Wildman–Crippen MR) is 64.0 cm³/mol. The summed E-state index contributed by atoms with van der Waals surface area (Å²) >= 11 is 1.33. The zero-order chi connectivity index (χ0) is 13.6. The lowest BCUT2D eigenvalue weighted by molar-refractivity contribution is -0.137. The van der Waals surface area contributed by atoms with Gasteiger partial charge in [-0.15, -0.1) is 11.3 Å². The number of rotatable bonds is 1. The van der Waals surface area contributed by atoms with E-state index < -0.39 is 11.7 Å². The topological polar surface area (TPSA) is 69.6 Å². The molecule has 0 aliphatic rings. The molecule has 98 valence electrons. The summed E-state index contributed by atoms with van der Waals surface area (Å²) in [5.74, 6) is 0.230. The Bertz CT molecular complexity index is 745. The first-order chi connectivity index (χ1) is 8.95. The second-order valence-corrected chi connectivity index (χ2v) is 4.61. The van der Waals surface area contributed by atoms with Crippen molar-refractivity contribution < 1.29 is 13.2 Å². The second kappa shape index (κ2) is 3.92. The summed E-state index contributed by atoms with van der Waals surface area (Å²) in [5.41, 5.74) is 4.70. The van der Waals surface area contributed by atoms with Crippen molar-refractivity contribution in [2.75, 3.05) is 5.73 Å². The number of halogens is 3. The van der Waals surface area contributed by atoms with Gasteiger partial charge in [0.25, 0.3) is 0 Å². The van der Waals surface area contributed by atoms with Crippen LogP contribution in [0.5, 0.6) is 0 Å². The largest absolute Gasteiger partial charge is 0.419 e. The van der Waals surface area contributed by atoms with Gasteiger partial charge in [-0.25, -0.2) is 9.67 Å². The van der Waals surface area contributed by atoms with Gasteiger partial charge < -0.3 is 5.73 Å². The molecule has 0 amide bonds. The third kappa shape index (κ3) is 2.01. The van der Waals surface area contributed by atoms with E-state index in [1.807, 2.05) is 0 Å². The van der Waals surface area contributed by atoms with Crippen molar-refractivity contribution in [3.63, 3.8) is 0 Å². The van der Waals surface area contributed by atoms with Gasteiger partial charge >= 0.3 is 6.18 Å². The molecule has 0 saturated carbocycles. The highest BCUT2D eigenvalue weighted by Crippen LogP contribution is 2.30. The monoisotopic (exact) mass is 285 g/mol. The predicted octanol–water partition coefficient (Wildman–Crippen LogP) is 2.48. The quantitative estimate of drug-likeness (QED) is 0.745. The zero-order valence-electron chi connectivity index (χ0n) is 9.22. The van der Waals surface area contributed by atoms with Crippen LogP contribution in [0.25, 0.3) is 16.0 Å². The van der Waals surface area contributed by atoms with E-state index in [-0.39, 0.29) is 11.8 Å². The van der Waals surface area contributed by atoms with Crippen LogP contribution in [0, 0.1) is 0 Å². The van der Waals surface area contributed by atoms with Crippen LogP contribution in [-0.2, 0) is 6.18 Å². The highest BCUT2D eigenvalue weighted by atomic mass is 32.1. The summed E-state index contributed by atoms with van der Waals surface area (Å²) < 4.78 is 38.7. The van der Waals surface area contributed by atoms with Crippen LogP contribution in [0.4, 0.5) is 19.1 Å². The van der Waals surface area contributed by atoms with Gasteiger partial charge in [-0.2, -0.15) is 23.3 Å².